The summed E-state index contributed by atoms with van der Waals surface area (Å²) in [5, 5.41) is 13.6. The van der Waals surface area contributed by atoms with Crippen LogP contribution in [0.4, 0.5) is 17.3 Å². The van der Waals surface area contributed by atoms with Crippen molar-refractivity contribution in [3.8, 4) is 0 Å². The number of rotatable bonds is 3. The van der Waals surface area contributed by atoms with Gasteiger partial charge in [0.15, 0.2) is 0 Å². The van der Waals surface area contributed by atoms with E-state index in [9.17, 15) is 10.1 Å². The molecule has 0 fully saturated rings. The van der Waals surface area contributed by atoms with Crippen molar-refractivity contribution in [3.63, 3.8) is 0 Å². The molecule has 7 heteroatoms. The van der Waals surface area contributed by atoms with E-state index in [4.69, 9.17) is 0 Å². The maximum absolute atomic E-state index is 10.8. The van der Waals surface area contributed by atoms with Gasteiger partial charge in [-0.15, -0.1) is 0 Å². The molecule has 2 aromatic rings. The Morgan fingerprint density at radius 3 is 2.47 bits per heavy atom. The molecule has 1 N–H and O–H groups in total. The largest absolute Gasteiger partial charge is 0.318 e. The summed E-state index contributed by atoms with van der Waals surface area (Å²) in [6.07, 6.45) is 3.06. The normalized spacial score (nSPS) is 9.94. The topological polar surface area (TPSA) is 81.0 Å². The lowest BCUT2D eigenvalue weighted by molar-refractivity contribution is -0.384. The highest BCUT2D eigenvalue weighted by Crippen LogP contribution is 2.27. The molecule has 0 bridgehead atoms. The first kappa shape index (κ1) is 11.5. The molecule has 6 nitrogen and oxygen atoms in total. The zero-order valence-corrected chi connectivity index (χ0v) is 10.1. The van der Waals surface area contributed by atoms with Crippen LogP contribution in [-0.4, -0.2) is 14.9 Å². The Balaban J connectivity index is 2.37. The lowest BCUT2D eigenvalue weighted by atomic mass is 10.4. The van der Waals surface area contributed by atoms with Gasteiger partial charge in [0.25, 0.3) is 0 Å². The van der Waals surface area contributed by atoms with Crippen molar-refractivity contribution in [2.24, 2.45) is 0 Å². The predicted octanol–water partition coefficient (Wildman–Crippen LogP) is 2.89. The van der Waals surface area contributed by atoms with Crippen LogP contribution < -0.4 is 5.32 Å². The number of halogens is 1. The van der Waals surface area contributed by atoms with Gasteiger partial charge < -0.3 is 5.32 Å². The number of hydrogen-bond acceptors (Lipinski definition) is 5. The Bertz CT molecular complexity index is 562. The van der Waals surface area contributed by atoms with Gasteiger partial charge in [-0.25, -0.2) is 9.97 Å². The van der Waals surface area contributed by atoms with Crippen molar-refractivity contribution in [2.45, 2.75) is 0 Å². The molecule has 0 unspecified atom stereocenters. The third-order valence-electron chi connectivity index (χ3n) is 1.98. The highest BCUT2D eigenvalue weighted by Gasteiger charge is 2.15. The molecule has 0 aromatic carbocycles. The molecule has 0 aliphatic rings. The first-order valence-corrected chi connectivity index (χ1v) is 5.45. The SMILES string of the molecule is O=[N+]([O-])c1cccnc1Nc1ncccc1Br. The van der Waals surface area contributed by atoms with Gasteiger partial charge in [0.2, 0.25) is 5.82 Å². The summed E-state index contributed by atoms with van der Waals surface area (Å²) in [4.78, 5) is 18.3. The number of nitro groups is 1. The zero-order chi connectivity index (χ0) is 12.3. The van der Waals surface area contributed by atoms with Crippen molar-refractivity contribution in [1.29, 1.82) is 0 Å². The van der Waals surface area contributed by atoms with Crippen molar-refractivity contribution in [1.82, 2.24) is 9.97 Å². The second kappa shape index (κ2) is 4.88. The third kappa shape index (κ3) is 2.56. The van der Waals surface area contributed by atoms with Gasteiger partial charge in [-0.2, -0.15) is 0 Å². The van der Waals surface area contributed by atoms with E-state index in [1.165, 1.54) is 18.3 Å². The average Bonchev–Trinajstić information content (AvgIpc) is 2.32. The second-order valence-corrected chi connectivity index (χ2v) is 3.94. The molecule has 0 atom stereocenters. The number of anilines is 2. The summed E-state index contributed by atoms with van der Waals surface area (Å²) in [6.45, 7) is 0. The average molecular weight is 295 g/mol. The van der Waals surface area contributed by atoms with Crippen molar-refractivity contribution in [3.05, 3.63) is 51.2 Å². The summed E-state index contributed by atoms with van der Waals surface area (Å²) < 4.78 is 0.708. The summed E-state index contributed by atoms with van der Waals surface area (Å²) in [7, 11) is 0. The molecule has 2 heterocycles. The number of aromatic nitrogens is 2. The van der Waals surface area contributed by atoms with Crippen LogP contribution in [0.3, 0.4) is 0 Å². The van der Waals surface area contributed by atoms with Gasteiger partial charge in [-0.05, 0) is 34.1 Å². The maximum Gasteiger partial charge on any atom is 0.311 e. The van der Waals surface area contributed by atoms with Crippen LogP contribution in [0, 0.1) is 10.1 Å². The molecule has 17 heavy (non-hydrogen) atoms. The van der Waals surface area contributed by atoms with Gasteiger partial charge in [-0.3, -0.25) is 10.1 Å². The zero-order valence-electron chi connectivity index (χ0n) is 8.50. The minimum Gasteiger partial charge on any atom is -0.318 e. The molecule has 0 aliphatic carbocycles. The Labute approximate surface area is 105 Å². The van der Waals surface area contributed by atoms with E-state index < -0.39 is 4.92 Å². The van der Waals surface area contributed by atoms with Crippen LogP contribution in [0.25, 0.3) is 0 Å². The molecule has 2 aromatic heterocycles. The molecule has 86 valence electrons. The fourth-order valence-corrected chi connectivity index (χ4v) is 1.58. The molecule has 0 spiro atoms. The van der Waals surface area contributed by atoms with E-state index in [1.807, 2.05) is 0 Å². The number of hydrogen-bond donors (Lipinski definition) is 1. The number of pyridine rings is 2. The number of nitrogens with one attached hydrogen (secondary N) is 1. The summed E-state index contributed by atoms with van der Waals surface area (Å²) in [5.41, 5.74) is -0.0925. The smallest absolute Gasteiger partial charge is 0.311 e. The molecule has 0 radical (unpaired) electrons. The highest BCUT2D eigenvalue weighted by atomic mass is 79.9. The summed E-state index contributed by atoms with van der Waals surface area (Å²) in [6, 6.07) is 6.43. The molecule has 0 saturated carbocycles. The van der Waals surface area contributed by atoms with Crippen LogP contribution in [0.5, 0.6) is 0 Å². The molecule has 0 aliphatic heterocycles. The van der Waals surface area contributed by atoms with Crippen molar-refractivity contribution < 1.29 is 4.92 Å². The van der Waals surface area contributed by atoms with Crippen LogP contribution in [0.15, 0.2) is 41.1 Å². The minimum absolute atomic E-state index is 0.0925. The first-order chi connectivity index (χ1) is 8.18. The Morgan fingerprint density at radius 2 is 1.82 bits per heavy atom. The van der Waals surface area contributed by atoms with Crippen LogP contribution in [-0.2, 0) is 0 Å². The highest BCUT2D eigenvalue weighted by molar-refractivity contribution is 9.10. The molecule has 2 rings (SSSR count). The predicted molar refractivity (Wildman–Crippen MR) is 66.1 cm³/mol. The van der Waals surface area contributed by atoms with Gasteiger partial charge in [-0.1, -0.05) is 0 Å². The monoisotopic (exact) mass is 294 g/mol. The van der Waals surface area contributed by atoms with E-state index >= 15 is 0 Å². The van der Waals surface area contributed by atoms with E-state index in [-0.39, 0.29) is 11.5 Å². The quantitative estimate of drug-likeness (QED) is 0.695. The van der Waals surface area contributed by atoms with Gasteiger partial charge in [0.1, 0.15) is 5.82 Å². The second-order valence-electron chi connectivity index (χ2n) is 3.09. The standard InChI is InChI=1S/C10H7BrN4O2/c11-7-3-1-5-12-9(7)14-10-8(15(16)17)4-2-6-13-10/h1-6H,(H,12,13,14). The van der Waals surface area contributed by atoms with E-state index in [2.05, 4.69) is 31.2 Å². The molecule has 0 amide bonds. The van der Waals surface area contributed by atoms with Crippen LogP contribution in [0.1, 0.15) is 0 Å². The van der Waals surface area contributed by atoms with Crippen LogP contribution >= 0.6 is 15.9 Å². The van der Waals surface area contributed by atoms with Crippen molar-refractivity contribution >= 4 is 33.3 Å². The van der Waals surface area contributed by atoms with Gasteiger partial charge in [0, 0.05) is 18.5 Å². The van der Waals surface area contributed by atoms with E-state index in [0.717, 1.165) is 0 Å². The summed E-state index contributed by atoms with van der Waals surface area (Å²) in [5.74, 6) is 0.645. The van der Waals surface area contributed by atoms with Gasteiger partial charge >= 0.3 is 5.69 Å². The van der Waals surface area contributed by atoms with Crippen LogP contribution in [0.2, 0.25) is 0 Å². The van der Waals surface area contributed by atoms with E-state index in [1.54, 1.807) is 18.3 Å². The molecule has 0 saturated heterocycles. The third-order valence-corrected chi connectivity index (χ3v) is 2.62. The fourth-order valence-electron chi connectivity index (χ4n) is 1.23. The van der Waals surface area contributed by atoms with E-state index in [0.29, 0.717) is 10.3 Å². The molecular formula is C10H7BrN4O2. The number of nitrogens with zero attached hydrogens (tertiary/aromatic N) is 3. The minimum atomic E-state index is -0.494. The maximum atomic E-state index is 10.8. The Morgan fingerprint density at radius 1 is 1.18 bits per heavy atom. The first-order valence-electron chi connectivity index (χ1n) is 4.65. The molecular weight excluding hydrogens is 288 g/mol. The summed E-state index contributed by atoms with van der Waals surface area (Å²) >= 11 is 3.29. The fraction of sp³-hybridized carbons (Fsp3) is 0. The van der Waals surface area contributed by atoms with Gasteiger partial charge in [0.05, 0.1) is 9.40 Å². The lowest BCUT2D eigenvalue weighted by Crippen LogP contribution is -2.00. The Kier molecular flexibility index (Phi) is 3.29. The Hall–Kier alpha value is -2.02. The van der Waals surface area contributed by atoms with Crippen molar-refractivity contribution in [2.75, 3.05) is 5.32 Å². The lowest BCUT2D eigenvalue weighted by Gasteiger charge is -2.06.